The molecule has 0 amide bonds. The predicted molar refractivity (Wildman–Crippen MR) is 100 cm³/mol. The van der Waals surface area contributed by atoms with Gasteiger partial charge < -0.3 is 9.47 Å². The molecule has 2 fully saturated rings. The minimum atomic E-state index is 0.181. The van der Waals surface area contributed by atoms with E-state index in [0.717, 1.165) is 36.3 Å². The molecule has 1 unspecified atom stereocenters. The van der Waals surface area contributed by atoms with Crippen molar-refractivity contribution < 1.29 is 14.3 Å². The molecule has 6 nitrogen and oxygen atoms in total. The number of aromatic nitrogens is 3. The van der Waals surface area contributed by atoms with Crippen LogP contribution in [0.3, 0.4) is 0 Å². The van der Waals surface area contributed by atoms with E-state index >= 15 is 0 Å². The van der Waals surface area contributed by atoms with Crippen LogP contribution in [0.1, 0.15) is 61.0 Å². The molecule has 3 atom stereocenters. The second kappa shape index (κ2) is 7.62. The van der Waals surface area contributed by atoms with Gasteiger partial charge >= 0.3 is 0 Å². The van der Waals surface area contributed by atoms with Crippen LogP contribution in [-0.2, 0) is 4.79 Å². The van der Waals surface area contributed by atoms with Gasteiger partial charge in [0.25, 0.3) is 0 Å². The Bertz CT molecular complexity index is 822. The quantitative estimate of drug-likeness (QED) is 0.777. The van der Waals surface area contributed by atoms with Gasteiger partial charge in [0.1, 0.15) is 17.4 Å². The van der Waals surface area contributed by atoms with Crippen LogP contribution < -0.4 is 9.47 Å². The second-order valence-corrected chi connectivity index (χ2v) is 7.55. The van der Waals surface area contributed by atoms with Crippen LogP contribution in [0, 0.1) is 12.8 Å². The number of aryl methyl sites for hydroxylation is 1. The van der Waals surface area contributed by atoms with Crippen LogP contribution in [-0.4, -0.2) is 34.5 Å². The van der Waals surface area contributed by atoms with Crippen molar-refractivity contribution in [1.29, 1.82) is 0 Å². The molecule has 2 heterocycles. The molecular weight excluding hydrogens is 342 g/mol. The Morgan fingerprint density at radius 1 is 1.22 bits per heavy atom. The first-order valence-electron chi connectivity index (χ1n) is 9.62. The summed E-state index contributed by atoms with van der Waals surface area (Å²) in [5.74, 6) is 3.50. The molecule has 2 aromatic heterocycles. The zero-order valence-corrected chi connectivity index (χ0v) is 15.9. The van der Waals surface area contributed by atoms with Gasteiger partial charge in [0, 0.05) is 42.1 Å². The predicted octanol–water partition coefficient (Wildman–Crippen LogP) is 3.60. The van der Waals surface area contributed by atoms with Crippen molar-refractivity contribution >= 4 is 5.78 Å². The molecule has 2 aliphatic carbocycles. The van der Waals surface area contributed by atoms with Crippen molar-refractivity contribution in [1.82, 2.24) is 15.0 Å². The molecule has 4 rings (SSSR count). The first-order chi connectivity index (χ1) is 13.1. The first kappa shape index (κ1) is 17.9. The average Bonchev–Trinajstić information content (AvgIpc) is 3.46. The lowest BCUT2D eigenvalue weighted by molar-refractivity contribution is -0.120. The fourth-order valence-corrected chi connectivity index (χ4v) is 3.86. The van der Waals surface area contributed by atoms with Crippen molar-refractivity contribution in [3.05, 3.63) is 41.6 Å². The Balaban J connectivity index is 1.41. The number of pyridine rings is 1. The van der Waals surface area contributed by atoms with Crippen LogP contribution in [0.25, 0.3) is 0 Å². The Kier molecular flexibility index (Phi) is 5.05. The number of ketones is 1. The van der Waals surface area contributed by atoms with Crippen molar-refractivity contribution in [2.24, 2.45) is 5.92 Å². The number of Topliss-reactive ketones (excluding diaryl/α,β-unsaturated/α-hetero) is 1. The van der Waals surface area contributed by atoms with Gasteiger partial charge in [-0.1, -0.05) is 0 Å². The summed E-state index contributed by atoms with van der Waals surface area (Å²) >= 11 is 0. The molecular formula is C21H25N3O3. The standard InChI is InChI=1S/C21H25N3O3/c1-13-22-11-19(14-4-3-5-16(25)8-14)21(24-13)27-12-15-9-18(15)20-7-6-17(26-2)10-23-20/h6-7,10-11,14-15,18H,3-5,8-9,12H2,1-2H3/t14?,15-,18+/m1/s1. The molecule has 2 saturated carbocycles. The Morgan fingerprint density at radius 3 is 2.85 bits per heavy atom. The fourth-order valence-electron chi connectivity index (χ4n) is 3.86. The zero-order chi connectivity index (χ0) is 18.8. The van der Waals surface area contributed by atoms with Gasteiger partial charge in [-0.15, -0.1) is 0 Å². The van der Waals surface area contributed by atoms with E-state index < -0.39 is 0 Å². The number of rotatable bonds is 6. The maximum Gasteiger partial charge on any atom is 0.220 e. The van der Waals surface area contributed by atoms with Gasteiger partial charge in [-0.3, -0.25) is 9.78 Å². The van der Waals surface area contributed by atoms with Crippen molar-refractivity contribution in [3.8, 4) is 11.6 Å². The lowest BCUT2D eigenvalue weighted by atomic mass is 9.84. The molecule has 0 bridgehead atoms. The Morgan fingerprint density at radius 2 is 2.11 bits per heavy atom. The Hall–Kier alpha value is -2.50. The molecule has 2 aliphatic rings. The molecule has 6 heteroatoms. The van der Waals surface area contributed by atoms with Gasteiger partial charge in [-0.25, -0.2) is 4.98 Å². The summed E-state index contributed by atoms with van der Waals surface area (Å²) in [6.45, 7) is 2.48. The molecule has 142 valence electrons. The molecule has 0 N–H and O–H groups in total. The maximum absolute atomic E-state index is 11.8. The lowest BCUT2D eigenvalue weighted by Crippen LogP contribution is -2.16. The third-order valence-corrected chi connectivity index (χ3v) is 5.55. The highest BCUT2D eigenvalue weighted by atomic mass is 16.5. The molecule has 0 radical (unpaired) electrons. The molecule has 0 saturated heterocycles. The maximum atomic E-state index is 11.8. The SMILES string of the molecule is COc1ccc([C@H]2C[C@@H]2COc2nc(C)ncc2C2CCCC(=O)C2)nc1. The molecule has 2 aromatic rings. The lowest BCUT2D eigenvalue weighted by Gasteiger charge is -2.22. The van der Waals surface area contributed by atoms with E-state index in [1.54, 1.807) is 13.3 Å². The van der Waals surface area contributed by atoms with E-state index in [9.17, 15) is 4.79 Å². The van der Waals surface area contributed by atoms with E-state index in [-0.39, 0.29) is 5.92 Å². The summed E-state index contributed by atoms with van der Waals surface area (Å²) in [4.78, 5) is 25.2. The summed E-state index contributed by atoms with van der Waals surface area (Å²) in [6, 6.07) is 3.97. The van der Waals surface area contributed by atoms with Crippen molar-refractivity contribution in [2.75, 3.05) is 13.7 Å². The van der Waals surface area contributed by atoms with Gasteiger partial charge in [0.05, 0.1) is 19.9 Å². The number of ether oxygens (including phenoxy) is 2. The van der Waals surface area contributed by atoms with Crippen LogP contribution in [0.5, 0.6) is 11.6 Å². The van der Waals surface area contributed by atoms with Gasteiger partial charge in [-0.05, 0) is 44.2 Å². The van der Waals surface area contributed by atoms with Crippen LogP contribution >= 0.6 is 0 Å². The molecule has 0 aliphatic heterocycles. The molecule has 27 heavy (non-hydrogen) atoms. The molecule has 0 aromatic carbocycles. The topological polar surface area (TPSA) is 74.2 Å². The zero-order valence-electron chi connectivity index (χ0n) is 15.9. The number of hydrogen-bond acceptors (Lipinski definition) is 6. The monoisotopic (exact) mass is 367 g/mol. The highest BCUT2D eigenvalue weighted by molar-refractivity contribution is 5.80. The number of hydrogen-bond donors (Lipinski definition) is 0. The van der Waals surface area contributed by atoms with Crippen LogP contribution in [0.4, 0.5) is 0 Å². The van der Waals surface area contributed by atoms with Crippen molar-refractivity contribution in [3.63, 3.8) is 0 Å². The van der Waals surface area contributed by atoms with E-state index in [1.807, 2.05) is 25.3 Å². The summed E-state index contributed by atoms with van der Waals surface area (Å²) < 4.78 is 11.3. The third kappa shape index (κ3) is 4.10. The fraction of sp³-hybridized carbons (Fsp3) is 0.524. The van der Waals surface area contributed by atoms with E-state index in [1.165, 1.54) is 0 Å². The molecule has 0 spiro atoms. The average molecular weight is 367 g/mol. The summed E-state index contributed by atoms with van der Waals surface area (Å²) in [5, 5.41) is 0. The summed E-state index contributed by atoms with van der Waals surface area (Å²) in [7, 11) is 1.64. The van der Waals surface area contributed by atoms with Crippen molar-refractivity contribution in [2.45, 2.75) is 50.9 Å². The number of carbonyl (C=O) groups excluding carboxylic acids is 1. The largest absolute Gasteiger partial charge is 0.495 e. The second-order valence-electron chi connectivity index (χ2n) is 7.55. The highest BCUT2D eigenvalue weighted by Gasteiger charge is 2.40. The van der Waals surface area contributed by atoms with E-state index in [2.05, 4.69) is 15.0 Å². The van der Waals surface area contributed by atoms with Gasteiger partial charge in [0.2, 0.25) is 5.88 Å². The summed E-state index contributed by atoms with van der Waals surface area (Å²) in [6.07, 6.45) is 7.87. The summed E-state index contributed by atoms with van der Waals surface area (Å²) in [5.41, 5.74) is 2.06. The first-order valence-corrected chi connectivity index (χ1v) is 9.62. The van der Waals surface area contributed by atoms with Crippen LogP contribution in [0.15, 0.2) is 24.5 Å². The highest BCUT2D eigenvalue weighted by Crippen LogP contribution is 2.47. The number of carbonyl (C=O) groups is 1. The minimum Gasteiger partial charge on any atom is -0.495 e. The smallest absolute Gasteiger partial charge is 0.220 e. The normalized spacial score (nSPS) is 24.5. The third-order valence-electron chi connectivity index (χ3n) is 5.55. The van der Waals surface area contributed by atoms with Gasteiger partial charge in [-0.2, -0.15) is 4.98 Å². The van der Waals surface area contributed by atoms with E-state index in [0.29, 0.717) is 48.8 Å². The Labute approximate surface area is 159 Å². The minimum absolute atomic E-state index is 0.181. The van der Waals surface area contributed by atoms with E-state index in [4.69, 9.17) is 9.47 Å². The van der Waals surface area contributed by atoms with Gasteiger partial charge in [0.15, 0.2) is 0 Å². The van der Waals surface area contributed by atoms with Crippen LogP contribution in [0.2, 0.25) is 0 Å². The number of methoxy groups -OCH3 is 1. The number of nitrogens with zero attached hydrogens (tertiary/aromatic N) is 3.